The second-order valence-electron chi connectivity index (χ2n) is 6.75. The number of fused-ring (bicyclic) bond motifs is 1. The number of carbonyl (C=O) groups is 2. The number of nitrogens with one attached hydrogen (secondary N) is 4. The number of aromatic nitrogens is 1. The van der Waals surface area contributed by atoms with E-state index in [1.807, 2.05) is 30.3 Å². The number of anilines is 2. The lowest BCUT2D eigenvalue weighted by molar-refractivity contribution is 0.0969. The summed E-state index contributed by atoms with van der Waals surface area (Å²) in [5, 5.41) is 12.1. The third kappa shape index (κ3) is 5.95. The third-order valence-corrected chi connectivity index (χ3v) is 5.73. The van der Waals surface area contributed by atoms with Gasteiger partial charge in [-0.1, -0.05) is 47.7 Å². The molecule has 0 radical (unpaired) electrons. The van der Waals surface area contributed by atoms with Crippen LogP contribution in [-0.4, -0.2) is 27.0 Å². The van der Waals surface area contributed by atoms with E-state index < -0.39 is 0 Å². The first-order valence-electron chi connectivity index (χ1n) is 9.73. The molecule has 4 N–H and O–H groups in total. The highest BCUT2D eigenvalue weighted by molar-refractivity contribution is 7.80. The molecule has 164 valence electrons. The van der Waals surface area contributed by atoms with Crippen molar-refractivity contribution in [1.82, 2.24) is 15.6 Å². The summed E-state index contributed by atoms with van der Waals surface area (Å²) in [6.45, 7) is 0. The molecule has 10 heteroatoms. The van der Waals surface area contributed by atoms with Crippen molar-refractivity contribution in [2.45, 2.75) is 0 Å². The van der Waals surface area contributed by atoms with E-state index >= 15 is 0 Å². The lowest BCUT2D eigenvalue weighted by atomic mass is 10.2. The van der Waals surface area contributed by atoms with Gasteiger partial charge in [0.25, 0.3) is 11.8 Å². The third-order valence-electron chi connectivity index (χ3n) is 4.39. The lowest BCUT2D eigenvalue weighted by Crippen LogP contribution is -2.34. The maximum absolute atomic E-state index is 12.2. The average molecular weight is 492 g/mol. The molecule has 4 aromatic rings. The highest BCUT2D eigenvalue weighted by Gasteiger charge is 2.11. The number of amides is 2. The van der Waals surface area contributed by atoms with Crippen molar-refractivity contribution in [2.75, 3.05) is 10.6 Å². The first-order chi connectivity index (χ1) is 16.0. The average Bonchev–Trinajstić information content (AvgIpc) is 3.21. The molecule has 0 fully saturated rings. The Morgan fingerprint density at radius 1 is 0.727 bits per heavy atom. The van der Waals surface area contributed by atoms with Crippen molar-refractivity contribution in [3.05, 3.63) is 90.0 Å². The number of thiocarbonyl (C=S) groups is 2. The molecule has 0 bridgehead atoms. The van der Waals surface area contributed by atoms with Crippen LogP contribution >= 0.6 is 35.8 Å². The minimum absolute atomic E-state index is 0.158. The van der Waals surface area contributed by atoms with Crippen molar-refractivity contribution in [2.24, 2.45) is 0 Å². The van der Waals surface area contributed by atoms with Crippen LogP contribution in [0.4, 0.5) is 10.8 Å². The number of thiazole rings is 1. The molecule has 3 aromatic carbocycles. The van der Waals surface area contributed by atoms with Gasteiger partial charge in [0.05, 0.1) is 10.2 Å². The SMILES string of the molecule is O=C(NC(=S)Nc1ccc2nc(NC(=S)NC(=O)c3ccccc3)sc2c1)c1ccccc1. The summed E-state index contributed by atoms with van der Waals surface area (Å²) < 4.78 is 0.872. The number of hydrogen-bond acceptors (Lipinski definition) is 6. The van der Waals surface area contributed by atoms with Gasteiger partial charge in [0, 0.05) is 16.8 Å². The molecule has 0 aliphatic rings. The summed E-state index contributed by atoms with van der Waals surface area (Å²) in [7, 11) is 0. The highest BCUT2D eigenvalue weighted by atomic mass is 32.1. The summed E-state index contributed by atoms with van der Waals surface area (Å²) >= 11 is 11.9. The molecule has 2 amide bonds. The van der Waals surface area contributed by atoms with Crippen molar-refractivity contribution in [3.63, 3.8) is 0 Å². The first kappa shape index (κ1) is 22.5. The minimum atomic E-state index is -0.299. The Morgan fingerprint density at radius 3 is 1.85 bits per heavy atom. The maximum Gasteiger partial charge on any atom is 0.257 e. The van der Waals surface area contributed by atoms with Crippen LogP contribution in [-0.2, 0) is 0 Å². The van der Waals surface area contributed by atoms with Crippen molar-refractivity contribution >= 4 is 78.8 Å². The minimum Gasteiger partial charge on any atom is -0.332 e. The van der Waals surface area contributed by atoms with Gasteiger partial charge in [-0.05, 0) is 66.9 Å². The Balaban J connectivity index is 1.37. The zero-order valence-corrected chi connectivity index (χ0v) is 19.4. The number of nitrogens with zero attached hydrogens (tertiary/aromatic N) is 1. The Bertz CT molecular complexity index is 1270. The summed E-state index contributed by atoms with van der Waals surface area (Å²) in [6.07, 6.45) is 0. The molecule has 0 aliphatic carbocycles. The van der Waals surface area contributed by atoms with Gasteiger partial charge in [0.1, 0.15) is 0 Å². The Labute approximate surface area is 204 Å². The quantitative estimate of drug-likeness (QED) is 0.311. The van der Waals surface area contributed by atoms with Crippen LogP contribution in [0, 0.1) is 0 Å². The predicted molar refractivity (Wildman–Crippen MR) is 140 cm³/mol. The fourth-order valence-electron chi connectivity index (χ4n) is 2.88. The standard InChI is InChI=1S/C23H17N5O2S3/c29-19(14-7-3-1-4-8-14)26-21(31)24-16-11-12-17-18(13-16)33-23(25-17)28-22(32)27-20(30)15-9-5-2-6-10-15/h1-13H,(H2,24,26,29,31)(H2,25,27,28,30,32). The number of rotatable bonds is 4. The van der Waals surface area contributed by atoms with Gasteiger partial charge in [0.2, 0.25) is 0 Å². The monoisotopic (exact) mass is 491 g/mol. The van der Waals surface area contributed by atoms with Crippen LogP contribution in [0.3, 0.4) is 0 Å². The summed E-state index contributed by atoms with van der Waals surface area (Å²) in [5.74, 6) is -0.587. The molecule has 4 rings (SSSR count). The van der Waals surface area contributed by atoms with E-state index in [0.29, 0.717) is 21.9 Å². The zero-order chi connectivity index (χ0) is 23.2. The molecule has 1 heterocycles. The predicted octanol–water partition coefficient (Wildman–Crippen LogP) is 4.55. The molecule has 0 saturated carbocycles. The number of benzene rings is 3. The topological polar surface area (TPSA) is 95.2 Å². The number of carbonyl (C=O) groups excluding carboxylic acids is 2. The second-order valence-corrected chi connectivity index (χ2v) is 8.60. The van der Waals surface area contributed by atoms with E-state index in [1.54, 1.807) is 48.5 Å². The zero-order valence-electron chi connectivity index (χ0n) is 17.0. The molecule has 0 spiro atoms. The van der Waals surface area contributed by atoms with Crippen molar-refractivity contribution in [1.29, 1.82) is 0 Å². The summed E-state index contributed by atoms with van der Waals surface area (Å²) in [5.41, 5.74) is 2.49. The Kier molecular flexibility index (Phi) is 6.98. The molecule has 7 nitrogen and oxygen atoms in total. The van der Waals surface area contributed by atoms with E-state index in [9.17, 15) is 9.59 Å². The van der Waals surface area contributed by atoms with Gasteiger partial charge >= 0.3 is 0 Å². The first-order valence-corrected chi connectivity index (χ1v) is 11.4. The van der Waals surface area contributed by atoms with Crippen molar-refractivity contribution < 1.29 is 9.59 Å². The van der Waals surface area contributed by atoms with Gasteiger partial charge in [-0.15, -0.1) is 0 Å². The van der Waals surface area contributed by atoms with Gasteiger partial charge in [-0.3, -0.25) is 20.2 Å². The molecule has 0 unspecified atom stereocenters. The fourth-order valence-corrected chi connectivity index (χ4v) is 4.25. The second kappa shape index (κ2) is 10.3. The molecular weight excluding hydrogens is 474 g/mol. The molecular formula is C23H17N5O2S3. The Hall–Kier alpha value is -3.73. The van der Waals surface area contributed by atoms with Crippen LogP contribution in [0.2, 0.25) is 0 Å². The molecule has 0 atom stereocenters. The van der Waals surface area contributed by atoms with Crippen LogP contribution in [0.1, 0.15) is 20.7 Å². The molecule has 1 aromatic heterocycles. The molecule has 0 saturated heterocycles. The fraction of sp³-hybridized carbons (Fsp3) is 0. The van der Waals surface area contributed by atoms with Crippen LogP contribution in [0.5, 0.6) is 0 Å². The smallest absolute Gasteiger partial charge is 0.257 e. The van der Waals surface area contributed by atoms with Crippen LogP contribution in [0.25, 0.3) is 10.2 Å². The van der Waals surface area contributed by atoms with E-state index in [1.165, 1.54) is 11.3 Å². The van der Waals surface area contributed by atoms with E-state index in [-0.39, 0.29) is 22.0 Å². The van der Waals surface area contributed by atoms with Gasteiger partial charge in [0.15, 0.2) is 15.4 Å². The summed E-state index contributed by atoms with van der Waals surface area (Å²) in [4.78, 5) is 28.9. The van der Waals surface area contributed by atoms with Gasteiger partial charge < -0.3 is 10.6 Å². The number of hydrogen-bond donors (Lipinski definition) is 4. The maximum atomic E-state index is 12.2. The molecule has 33 heavy (non-hydrogen) atoms. The van der Waals surface area contributed by atoms with E-state index in [0.717, 1.165) is 10.2 Å². The van der Waals surface area contributed by atoms with Crippen LogP contribution in [0.15, 0.2) is 78.9 Å². The van der Waals surface area contributed by atoms with E-state index in [4.69, 9.17) is 24.4 Å². The van der Waals surface area contributed by atoms with Crippen LogP contribution < -0.4 is 21.3 Å². The van der Waals surface area contributed by atoms with Gasteiger partial charge in [-0.2, -0.15) is 0 Å². The van der Waals surface area contributed by atoms with Gasteiger partial charge in [-0.25, -0.2) is 4.98 Å². The Morgan fingerprint density at radius 2 is 1.27 bits per heavy atom. The molecule has 0 aliphatic heterocycles. The highest BCUT2D eigenvalue weighted by Crippen LogP contribution is 2.28. The lowest BCUT2D eigenvalue weighted by Gasteiger charge is -2.09. The largest absolute Gasteiger partial charge is 0.332 e. The van der Waals surface area contributed by atoms with Crippen molar-refractivity contribution in [3.8, 4) is 0 Å². The normalized spacial score (nSPS) is 10.3. The summed E-state index contributed by atoms with van der Waals surface area (Å²) in [6, 6.07) is 23.1. The van der Waals surface area contributed by atoms with E-state index in [2.05, 4.69) is 26.3 Å².